The predicted octanol–water partition coefficient (Wildman–Crippen LogP) is 3.57. The fraction of sp³-hybridized carbons (Fsp3) is 0.444. The van der Waals surface area contributed by atoms with Gasteiger partial charge >= 0.3 is 6.09 Å². The molecule has 38 heavy (non-hydrogen) atoms. The number of carbonyl (C=O) groups is 3. The third-order valence-corrected chi connectivity index (χ3v) is 7.50. The van der Waals surface area contributed by atoms with Gasteiger partial charge in [-0.15, -0.1) is 0 Å². The second kappa shape index (κ2) is 9.96. The molecular formula is C27H33N7O4. The lowest BCUT2D eigenvalue weighted by Crippen LogP contribution is -2.42. The summed E-state index contributed by atoms with van der Waals surface area (Å²) in [4.78, 5) is 47.2. The molecule has 200 valence electrons. The molecule has 3 aliphatic rings. The molecule has 5 rings (SSSR count). The molecule has 3 amide bonds. The summed E-state index contributed by atoms with van der Waals surface area (Å²) < 4.78 is 5.19. The molecule has 1 aromatic heterocycles. The fourth-order valence-corrected chi connectivity index (χ4v) is 5.39. The Labute approximate surface area is 221 Å². The van der Waals surface area contributed by atoms with Gasteiger partial charge in [-0.3, -0.25) is 9.59 Å². The molecular weight excluding hydrogens is 486 g/mol. The van der Waals surface area contributed by atoms with E-state index in [-0.39, 0.29) is 23.4 Å². The number of hydrogen-bond acceptors (Lipinski definition) is 8. The Bertz CT molecular complexity index is 1340. The second-order valence-electron chi connectivity index (χ2n) is 10.6. The van der Waals surface area contributed by atoms with E-state index in [9.17, 15) is 14.4 Å². The van der Waals surface area contributed by atoms with Crippen LogP contribution in [0.4, 0.5) is 27.9 Å². The van der Waals surface area contributed by atoms with E-state index < -0.39 is 17.4 Å². The van der Waals surface area contributed by atoms with E-state index in [1.54, 1.807) is 0 Å². The SMILES string of the molecule is CC1(C)C(=O)Nc2c(C3=CCCCC3)cc(Nc3nc(N4CCC[C@H](OC(N)=O)C4)ncc3C(N)=O)cc21. The number of nitrogens with zero attached hydrogens (tertiary/aromatic N) is 3. The molecule has 2 aliphatic heterocycles. The molecule has 1 atom stereocenters. The van der Waals surface area contributed by atoms with Crippen LogP contribution in [-0.2, 0) is 14.9 Å². The van der Waals surface area contributed by atoms with Gasteiger partial charge in [0.25, 0.3) is 5.91 Å². The van der Waals surface area contributed by atoms with Gasteiger partial charge in [0.15, 0.2) is 0 Å². The number of benzene rings is 1. The normalized spacial score (nSPS) is 20.3. The highest BCUT2D eigenvalue weighted by Gasteiger charge is 2.40. The van der Waals surface area contributed by atoms with Crippen molar-refractivity contribution in [1.29, 1.82) is 0 Å². The Morgan fingerprint density at radius 1 is 1.21 bits per heavy atom. The summed E-state index contributed by atoms with van der Waals surface area (Å²) in [6.07, 6.45) is 8.07. The van der Waals surface area contributed by atoms with E-state index in [2.05, 4.69) is 26.7 Å². The smallest absolute Gasteiger partial charge is 0.404 e. The van der Waals surface area contributed by atoms with E-state index in [1.165, 1.54) is 11.8 Å². The molecule has 0 radical (unpaired) electrons. The van der Waals surface area contributed by atoms with Crippen molar-refractivity contribution in [1.82, 2.24) is 9.97 Å². The average Bonchev–Trinajstić information content (AvgIpc) is 3.12. The van der Waals surface area contributed by atoms with E-state index in [0.717, 1.165) is 48.9 Å². The summed E-state index contributed by atoms with van der Waals surface area (Å²) in [5.74, 6) is -0.0775. The van der Waals surface area contributed by atoms with Gasteiger partial charge in [-0.2, -0.15) is 4.98 Å². The number of piperidine rings is 1. The summed E-state index contributed by atoms with van der Waals surface area (Å²) in [6, 6.07) is 3.91. The quantitative estimate of drug-likeness (QED) is 0.449. The highest BCUT2D eigenvalue weighted by molar-refractivity contribution is 6.09. The Balaban J connectivity index is 1.53. The molecule has 1 aliphatic carbocycles. The van der Waals surface area contributed by atoms with Crippen molar-refractivity contribution in [2.24, 2.45) is 11.5 Å². The number of fused-ring (bicyclic) bond motifs is 1. The van der Waals surface area contributed by atoms with Crippen molar-refractivity contribution < 1.29 is 19.1 Å². The maximum atomic E-state index is 12.8. The number of nitrogens with one attached hydrogen (secondary N) is 2. The van der Waals surface area contributed by atoms with Crippen LogP contribution in [0.1, 0.15) is 73.9 Å². The van der Waals surface area contributed by atoms with Gasteiger partial charge in [-0.1, -0.05) is 6.08 Å². The minimum Gasteiger partial charge on any atom is -0.445 e. The molecule has 6 N–H and O–H groups in total. The molecule has 1 aromatic carbocycles. The van der Waals surface area contributed by atoms with Crippen LogP contribution in [0.15, 0.2) is 24.4 Å². The van der Waals surface area contributed by atoms with Crippen LogP contribution in [-0.4, -0.2) is 47.1 Å². The fourth-order valence-electron chi connectivity index (χ4n) is 5.39. The number of rotatable bonds is 6. The molecule has 0 spiro atoms. The van der Waals surface area contributed by atoms with Crippen molar-refractivity contribution in [3.05, 3.63) is 41.1 Å². The molecule has 2 aromatic rings. The highest BCUT2D eigenvalue weighted by atomic mass is 16.6. The third-order valence-electron chi connectivity index (χ3n) is 7.50. The summed E-state index contributed by atoms with van der Waals surface area (Å²) >= 11 is 0. The monoisotopic (exact) mass is 519 g/mol. The number of primary amides is 2. The predicted molar refractivity (Wildman–Crippen MR) is 144 cm³/mol. The lowest BCUT2D eigenvalue weighted by Gasteiger charge is -2.32. The number of nitrogens with two attached hydrogens (primary N) is 2. The van der Waals surface area contributed by atoms with Crippen LogP contribution in [0.2, 0.25) is 0 Å². The number of hydrogen-bond donors (Lipinski definition) is 4. The summed E-state index contributed by atoms with van der Waals surface area (Å²) in [6.45, 7) is 4.84. The van der Waals surface area contributed by atoms with Gasteiger partial charge in [0.2, 0.25) is 11.9 Å². The average molecular weight is 520 g/mol. The number of aromatic nitrogens is 2. The molecule has 1 saturated heterocycles. The first-order valence-corrected chi connectivity index (χ1v) is 13.0. The standard InChI is InChI=1S/C27H33N7O4/c1-27(2)20-12-16(11-18(21(20)32-24(27)36)15-7-4-3-5-8-15)31-23-19(22(28)35)13-30-26(33-23)34-10-6-9-17(14-34)38-25(29)37/h7,11-13,17H,3-6,8-10,14H2,1-2H3,(H2,28,35)(H2,29,37)(H,32,36)(H,30,31,33)/t17-/m0/s1. The van der Waals surface area contributed by atoms with Crippen LogP contribution >= 0.6 is 0 Å². The van der Waals surface area contributed by atoms with Gasteiger partial charge in [0, 0.05) is 24.0 Å². The molecule has 0 unspecified atom stereocenters. The van der Waals surface area contributed by atoms with Gasteiger partial charge in [-0.25, -0.2) is 9.78 Å². The van der Waals surface area contributed by atoms with E-state index in [4.69, 9.17) is 16.2 Å². The van der Waals surface area contributed by atoms with Crippen molar-refractivity contribution in [2.75, 3.05) is 28.6 Å². The van der Waals surface area contributed by atoms with Crippen molar-refractivity contribution in [3.63, 3.8) is 0 Å². The first-order chi connectivity index (χ1) is 18.1. The first kappa shape index (κ1) is 25.5. The number of anilines is 4. The molecule has 11 nitrogen and oxygen atoms in total. The van der Waals surface area contributed by atoms with E-state index in [1.807, 2.05) is 30.9 Å². The minimum absolute atomic E-state index is 0.0534. The third kappa shape index (κ3) is 4.88. The van der Waals surface area contributed by atoms with Crippen molar-refractivity contribution in [2.45, 2.75) is 63.9 Å². The number of carbonyl (C=O) groups excluding carboxylic acids is 3. The molecule has 1 fully saturated rings. The molecule has 3 heterocycles. The van der Waals surface area contributed by atoms with Gasteiger partial charge in [0.1, 0.15) is 17.5 Å². The second-order valence-corrected chi connectivity index (χ2v) is 10.6. The largest absolute Gasteiger partial charge is 0.445 e. The van der Waals surface area contributed by atoms with Gasteiger partial charge in [0.05, 0.1) is 17.6 Å². The zero-order chi connectivity index (χ0) is 27.0. The van der Waals surface area contributed by atoms with Crippen LogP contribution in [0.3, 0.4) is 0 Å². The topological polar surface area (TPSA) is 166 Å². The minimum atomic E-state index is -0.819. The lowest BCUT2D eigenvalue weighted by atomic mass is 9.83. The number of amides is 3. The Morgan fingerprint density at radius 3 is 2.74 bits per heavy atom. The van der Waals surface area contributed by atoms with Crippen LogP contribution < -0.4 is 27.0 Å². The number of ether oxygens (including phenoxy) is 1. The zero-order valence-corrected chi connectivity index (χ0v) is 21.7. The van der Waals surface area contributed by atoms with Crippen LogP contribution in [0, 0.1) is 0 Å². The maximum Gasteiger partial charge on any atom is 0.404 e. The van der Waals surface area contributed by atoms with E-state index in [0.29, 0.717) is 31.1 Å². The van der Waals surface area contributed by atoms with Crippen molar-refractivity contribution in [3.8, 4) is 0 Å². The highest BCUT2D eigenvalue weighted by Crippen LogP contribution is 2.45. The first-order valence-electron chi connectivity index (χ1n) is 13.0. The molecule has 0 saturated carbocycles. The zero-order valence-electron chi connectivity index (χ0n) is 21.7. The molecule has 11 heteroatoms. The summed E-state index contributed by atoms with van der Waals surface area (Å²) in [7, 11) is 0. The van der Waals surface area contributed by atoms with Crippen molar-refractivity contribution >= 4 is 46.6 Å². The summed E-state index contributed by atoms with van der Waals surface area (Å²) in [5.41, 5.74) is 14.9. The van der Waals surface area contributed by atoms with Gasteiger partial charge in [-0.05, 0) is 75.6 Å². The Morgan fingerprint density at radius 2 is 2.03 bits per heavy atom. The number of allylic oxidation sites excluding steroid dienone is 2. The maximum absolute atomic E-state index is 12.8. The molecule has 0 bridgehead atoms. The summed E-state index contributed by atoms with van der Waals surface area (Å²) in [5, 5.41) is 6.37. The van der Waals surface area contributed by atoms with E-state index >= 15 is 0 Å². The van der Waals surface area contributed by atoms with Gasteiger partial charge < -0.3 is 31.7 Å². The Kier molecular flexibility index (Phi) is 6.68. The lowest BCUT2D eigenvalue weighted by molar-refractivity contribution is -0.119. The Hall–Kier alpha value is -4.15. The van der Waals surface area contributed by atoms with Crippen LogP contribution in [0.5, 0.6) is 0 Å². The van der Waals surface area contributed by atoms with Crippen LogP contribution in [0.25, 0.3) is 5.57 Å².